The number of benzene rings is 1. The number of hydrogen-bond acceptors (Lipinski definition) is 2. The molecule has 1 aromatic carbocycles. The first-order chi connectivity index (χ1) is 14.4. The Morgan fingerprint density at radius 3 is 1.90 bits per heavy atom. The summed E-state index contributed by atoms with van der Waals surface area (Å²) < 4.78 is 34.1. The van der Waals surface area contributed by atoms with E-state index in [-0.39, 0.29) is 37.2 Å². The van der Waals surface area contributed by atoms with Crippen LogP contribution in [0.2, 0.25) is 0 Å². The minimum absolute atomic E-state index is 0.0826. The van der Waals surface area contributed by atoms with E-state index in [2.05, 4.69) is 6.92 Å². The Labute approximate surface area is 179 Å². The molecule has 3 fully saturated rings. The summed E-state index contributed by atoms with van der Waals surface area (Å²) in [5.41, 5.74) is 1.25. The number of alkyl halides is 2. The highest BCUT2D eigenvalue weighted by Gasteiger charge is 2.43. The number of rotatable bonds is 5. The van der Waals surface area contributed by atoms with Gasteiger partial charge in [0.1, 0.15) is 11.5 Å². The lowest BCUT2D eigenvalue weighted by molar-refractivity contribution is -0.221. The maximum absolute atomic E-state index is 14.5. The molecule has 0 spiro atoms. The van der Waals surface area contributed by atoms with Crippen LogP contribution >= 0.6 is 0 Å². The van der Waals surface area contributed by atoms with Crippen molar-refractivity contribution >= 4 is 5.78 Å². The van der Waals surface area contributed by atoms with Gasteiger partial charge in [-0.15, -0.1) is 0 Å². The van der Waals surface area contributed by atoms with Gasteiger partial charge < -0.3 is 4.74 Å². The smallest absolute Gasteiger partial charge is 0.400 e. The van der Waals surface area contributed by atoms with Crippen LogP contribution in [0.1, 0.15) is 95.5 Å². The molecule has 0 amide bonds. The maximum atomic E-state index is 14.5. The van der Waals surface area contributed by atoms with E-state index >= 15 is 0 Å². The van der Waals surface area contributed by atoms with Gasteiger partial charge in [-0.2, -0.15) is 8.78 Å². The second-order valence-corrected chi connectivity index (χ2v) is 10.2. The number of carbonyl (C=O) groups excluding carboxylic acids is 1. The molecule has 2 nitrogen and oxygen atoms in total. The highest BCUT2D eigenvalue weighted by molar-refractivity contribution is 5.79. The summed E-state index contributed by atoms with van der Waals surface area (Å²) in [6.07, 6.45) is 8.35. The summed E-state index contributed by atoms with van der Waals surface area (Å²) in [6, 6.07) is 7.35. The van der Waals surface area contributed by atoms with E-state index in [1.54, 1.807) is 12.1 Å². The van der Waals surface area contributed by atoms with Gasteiger partial charge in [-0.25, -0.2) is 0 Å². The highest BCUT2D eigenvalue weighted by Crippen LogP contribution is 2.44. The minimum Gasteiger partial charge on any atom is -0.432 e. The topological polar surface area (TPSA) is 26.3 Å². The molecule has 3 aliphatic rings. The van der Waals surface area contributed by atoms with Crippen LogP contribution in [0, 0.1) is 23.7 Å². The monoisotopic (exact) mass is 418 g/mol. The van der Waals surface area contributed by atoms with E-state index in [1.165, 1.54) is 56.9 Å². The zero-order chi connectivity index (χ0) is 21.1. The number of hydrogen-bond donors (Lipinski definition) is 0. The predicted octanol–water partition coefficient (Wildman–Crippen LogP) is 7.52. The van der Waals surface area contributed by atoms with Crippen LogP contribution in [-0.4, -0.2) is 11.9 Å². The number of ether oxygens (including phenoxy) is 1. The lowest BCUT2D eigenvalue weighted by Crippen LogP contribution is -2.37. The van der Waals surface area contributed by atoms with Gasteiger partial charge in [-0.1, -0.05) is 31.9 Å². The van der Waals surface area contributed by atoms with Gasteiger partial charge >= 0.3 is 6.11 Å². The minimum atomic E-state index is -3.21. The van der Waals surface area contributed by atoms with Crippen molar-refractivity contribution < 1.29 is 18.3 Å². The molecule has 4 rings (SSSR count). The lowest BCUT2D eigenvalue weighted by atomic mass is 9.68. The first-order valence-electron chi connectivity index (χ1n) is 12.1. The zero-order valence-electron chi connectivity index (χ0n) is 18.3. The quantitative estimate of drug-likeness (QED) is 0.494. The molecule has 166 valence electrons. The van der Waals surface area contributed by atoms with Gasteiger partial charge in [0, 0.05) is 12.8 Å². The van der Waals surface area contributed by atoms with Crippen molar-refractivity contribution in [1.29, 1.82) is 0 Å². The molecule has 3 saturated carbocycles. The van der Waals surface area contributed by atoms with Gasteiger partial charge in [0.15, 0.2) is 0 Å². The zero-order valence-corrected chi connectivity index (χ0v) is 18.3. The molecule has 0 N–H and O–H groups in total. The summed E-state index contributed by atoms with van der Waals surface area (Å²) in [4.78, 5) is 11.3. The van der Waals surface area contributed by atoms with Crippen LogP contribution in [0.25, 0.3) is 0 Å². The van der Waals surface area contributed by atoms with Crippen molar-refractivity contribution in [3.05, 3.63) is 29.8 Å². The maximum Gasteiger partial charge on any atom is 0.400 e. The average Bonchev–Trinajstić information content (AvgIpc) is 2.75. The standard InChI is InChI=1S/C26H36F2O2/c1-18-2-4-19(5-3-18)20-6-8-21(9-7-20)22-10-16-25(17-11-22)30-26(27,28)23-12-14-24(29)15-13-23/h10-11,16-21,23H,2-9,12-15H2,1H3. The Hall–Kier alpha value is -1.45. The molecule has 1 aromatic rings. The van der Waals surface area contributed by atoms with Crippen LogP contribution in [0.15, 0.2) is 24.3 Å². The molecule has 0 radical (unpaired) electrons. The summed E-state index contributed by atoms with van der Waals surface area (Å²) in [6.45, 7) is 2.38. The third kappa shape index (κ3) is 5.23. The van der Waals surface area contributed by atoms with E-state index < -0.39 is 12.0 Å². The summed E-state index contributed by atoms with van der Waals surface area (Å²) in [5, 5.41) is 0. The van der Waals surface area contributed by atoms with Gasteiger partial charge in [0.05, 0.1) is 5.92 Å². The number of halogens is 2. The van der Waals surface area contributed by atoms with Crippen molar-refractivity contribution in [3.63, 3.8) is 0 Å². The van der Waals surface area contributed by atoms with Crippen LogP contribution in [-0.2, 0) is 4.79 Å². The molecule has 3 aliphatic carbocycles. The summed E-state index contributed by atoms with van der Waals surface area (Å²) in [5.74, 6) is 2.71. The van der Waals surface area contributed by atoms with Crippen molar-refractivity contribution in [1.82, 2.24) is 0 Å². The molecule has 0 bridgehead atoms. The van der Waals surface area contributed by atoms with Crippen molar-refractivity contribution in [2.45, 2.75) is 96.0 Å². The van der Waals surface area contributed by atoms with Gasteiger partial charge in [0.25, 0.3) is 0 Å². The van der Waals surface area contributed by atoms with E-state index in [0.717, 1.165) is 17.8 Å². The Bertz CT molecular complexity index is 688. The van der Waals surface area contributed by atoms with Crippen molar-refractivity contribution in [3.8, 4) is 5.75 Å². The Morgan fingerprint density at radius 2 is 1.33 bits per heavy atom. The fourth-order valence-electron chi connectivity index (χ4n) is 6.01. The Morgan fingerprint density at radius 1 is 0.800 bits per heavy atom. The van der Waals surface area contributed by atoms with Crippen LogP contribution in [0.4, 0.5) is 8.78 Å². The van der Waals surface area contributed by atoms with E-state index in [9.17, 15) is 13.6 Å². The molecule has 30 heavy (non-hydrogen) atoms. The first-order valence-corrected chi connectivity index (χ1v) is 12.1. The molecule has 0 atom stereocenters. The van der Waals surface area contributed by atoms with Gasteiger partial charge in [-0.3, -0.25) is 4.79 Å². The molecule has 0 aliphatic heterocycles. The molecule has 0 saturated heterocycles. The third-order valence-electron chi connectivity index (χ3n) is 8.12. The van der Waals surface area contributed by atoms with Gasteiger partial charge in [0.2, 0.25) is 0 Å². The third-order valence-corrected chi connectivity index (χ3v) is 8.12. The fraction of sp³-hybridized carbons (Fsp3) is 0.731. The second-order valence-electron chi connectivity index (χ2n) is 10.2. The fourth-order valence-corrected chi connectivity index (χ4v) is 6.01. The molecule has 0 aromatic heterocycles. The number of carbonyl (C=O) groups is 1. The number of Topliss-reactive ketones (excluding diaryl/α,β-unsaturated/α-hetero) is 1. The molecule has 4 heteroatoms. The molecular weight excluding hydrogens is 382 g/mol. The summed E-state index contributed by atoms with van der Waals surface area (Å²) >= 11 is 0. The lowest BCUT2D eigenvalue weighted by Gasteiger charge is -2.37. The largest absolute Gasteiger partial charge is 0.432 e. The Kier molecular flexibility index (Phi) is 6.79. The van der Waals surface area contributed by atoms with E-state index in [4.69, 9.17) is 4.74 Å². The predicted molar refractivity (Wildman–Crippen MR) is 115 cm³/mol. The van der Waals surface area contributed by atoms with Gasteiger partial charge in [-0.05, 0) is 92.7 Å². The van der Waals surface area contributed by atoms with Crippen LogP contribution in [0.5, 0.6) is 5.75 Å². The van der Waals surface area contributed by atoms with Crippen LogP contribution in [0.3, 0.4) is 0 Å². The second kappa shape index (κ2) is 9.36. The SMILES string of the molecule is CC1CCC(C2CCC(c3ccc(OC(F)(F)C4CCC(=O)CC4)cc3)CC2)CC1. The Balaban J connectivity index is 1.28. The first kappa shape index (κ1) is 21.8. The molecular formula is C26H36F2O2. The highest BCUT2D eigenvalue weighted by atomic mass is 19.3. The number of ketones is 1. The molecule has 0 heterocycles. The van der Waals surface area contributed by atoms with Crippen LogP contribution < -0.4 is 4.74 Å². The molecule has 0 unspecified atom stereocenters. The van der Waals surface area contributed by atoms with E-state index in [0.29, 0.717) is 5.92 Å². The summed E-state index contributed by atoms with van der Waals surface area (Å²) in [7, 11) is 0. The average molecular weight is 419 g/mol. The van der Waals surface area contributed by atoms with Crippen molar-refractivity contribution in [2.24, 2.45) is 23.7 Å². The van der Waals surface area contributed by atoms with E-state index in [1.807, 2.05) is 12.1 Å². The normalized spacial score (nSPS) is 31.5. The van der Waals surface area contributed by atoms with Crippen molar-refractivity contribution in [2.75, 3.05) is 0 Å².